The van der Waals surface area contributed by atoms with Crippen molar-refractivity contribution in [2.75, 3.05) is 25.1 Å². The number of amides is 1. The van der Waals surface area contributed by atoms with Gasteiger partial charge in [0.05, 0.1) is 12.2 Å². The molecule has 0 aliphatic heterocycles. The monoisotopic (exact) mass is 327 g/mol. The van der Waals surface area contributed by atoms with Crippen LogP contribution in [0.1, 0.15) is 33.2 Å². The maximum atomic E-state index is 12.1. The predicted molar refractivity (Wildman–Crippen MR) is 92.3 cm³/mol. The number of carbonyl (C=O) groups excluding carboxylic acids is 2. The molecule has 0 bridgehead atoms. The van der Waals surface area contributed by atoms with Gasteiger partial charge in [0.2, 0.25) is 0 Å². The van der Waals surface area contributed by atoms with Gasteiger partial charge in [0.1, 0.15) is 6.61 Å². The number of carbonyl (C=O) groups is 2. The molecule has 0 aliphatic rings. The standard InChI is InChI=1S/C19H21NO4/c1-3-23-12-13-24-19(22)16-8-10-17(11-9-16)20-18(21)15-6-4-14(2)5-7-15/h4-11H,3,12-13H2,1-2H3,(H,20,21). The molecule has 126 valence electrons. The number of rotatable bonds is 7. The van der Waals surface area contributed by atoms with Crippen LogP contribution in [0.5, 0.6) is 0 Å². The van der Waals surface area contributed by atoms with Crippen LogP contribution in [0.2, 0.25) is 0 Å². The smallest absolute Gasteiger partial charge is 0.338 e. The minimum absolute atomic E-state index is 0.193. The third kappa shape index (κ3) is 5.21. The summed E-state index contributed by atoms with van der Waals surface area (Å²) in [6.07, 6.45) is 0. The molecule has 5 nitrogen and oxygen atoms in total. The Hall–Kier alpha value is -2.66. The van der Waals surface area contributed by atoms with Gasteiger partial charge in [-0.3, -0.25) is 4.79 Å². The summed E-state index contributed by atoms with van der Waals surface area (Å²) >= 11 is 0. The van der Waals surface area contributed by atoms with Crippen molar-refractivity contribution in [2.24, 2.45) is 0 Å². The first-order valence-electron chi connectivity index (χ1n) is 7.83. The fourth-order valence-electron chi connectivity index (χ4n) is 2.02. The summed E-state index contributed by atoms with van der Waals surface area (Å²) in [5.41, 5.74) is 2.73. The minimum Gasteiger partial charge on any atom is -0.460 e. The molecule has 0 atom stereocenters. The molecule has 0 saturated heterocycles. The van der Waals surface area contributed by atoms with Gasteiger partial charge in [-0.1, -0.05) is 17.7 Å². The van der Waals surface area contributed by atoms with Crippen molar-refractivity contribution >= 4 is 17.6 Å². The zero-order valence-electron chi connectivity index (χ0n) is 13.9. The number of ether oxygens (including phenoxy) is 2. The summed E-state index contributed by atoms with van der Waals surface area (Å²) in [7, 11) is 0. The van der Waals surface area contributed by atoms with Gasteiger partial charge in [-0.15, -0.1) is 0 Å². The van der Waals surface area contributed by atoms with E-state index in [4.69, 9.17) is 9.47 Å². The van der Waals surface area contributed by atoms with Crippen LogP contribution in [-0.4, -0.2) is 31.7 Å². The topological polar surface area (TPSA) is 64.6 Å². The first-order valence-corrected chi connectivity index (χ1v) is 7.83. The Morgan fingerprint density at radius 3 is 2.17 bits per heavy atom. The Morgan fingerprint density at radius 2 is 1.54 bits per heavy atom. The van der Waals surface area contributed by atoms with Gasteiger partial charge in [0.25, 0.3) is 5.91 Å². The Morgan fingerprint density at radius 1 is 0.917 bits per heavy atom. The van der Waals surface area contributed by atoms with Gasteiger partial charge < -0.3 is 14.8 Å². The van der Waals surface area contributed by atoms with Crippen LogP contribution in [0, 0.1) is 6.92 Å². The van der Waals surface area contributed by atoms with Crippen molar-refractivity contribution in [3.05, 3.63) is 65.2 Å². The number of benzene rings is 2. The highest BCUT2D eigenvalue weighted by molar-refractivity contribution is 6.04. The van der Waals surface area contributed by atoms with Crippen LogP contribution in [0.15, 0.2) is 48.5 Å². The molecule has 0 spiro atoms. The molecule has 2 aromatic rings. The Bertz CT molecular complexity index is 678. The Kier molecular flexibility index (Phi) is 6.51. The van der Waals surface area contributed by atoms with Crippen molar-refractivity contribution in [2.45, 2.75) is 13.8 Å². The van der Waals surface area contributed by atoms with Crippen LogP contribution in [0.3, 0.4) is 0 Å². The molecule has 2 rings (SSSR count). The van der Waals surface area contributed by atoms with E-state index in [1.54, 1.807) is 36.4 Å². The molecular weight excluding hydrogens is 306 g/mol. The SMILES string of the molecule is CCOCCOC(=O)c1ccc(NC(=O)c2ccc(C)cc2)cc1. The van der Waals surface area contributed by atoms with E-state index in [1.807, 2.05) is 26.0 Å². The van der Waals surface area contributed by atoms with Gasteiger partial charge in [0.15, 0.2) is 0 Å². The van der Waals surface area contributed by atoms with Gasteiger partial charge in [-0.25, -0.2) is 4.79 Å². The van der Waals surface area contributed by atoms with E-state index in [1.165, 1.54) is 0 Å². The molecule has 1 amide bonds. The number of esters is 1. The van der Waals surface area contributed by atoms with Gasteiger partial charge in [-0.2, -0.15) is 0 Å². The van der Waals surface area contributed by atoms with E-state index in [0.29, 0.717) is 30.0 Å². The van der Waals surface area contributed by atoms with Gasteiger partial charge in [0, 0.05) is 17.9 Å². The number of anilines is 1. The molecule has 1 N–H and O–H groups in total. The lowest BCUT2D eigenvalue weighted by atomic mass is 10.1. The average Bonchev–Trinajstić information content (AvgIpc) is 2.59. The van der Waals surface area contributed by atoms with Crippen LogP contribution in [-0.2, 0) is 9.47 Å². The highest BCUT2D eigenvalue weighted by atomic mass is 16.6. The van der Waals surface area contributed by atoms with Crippen LogP contribution >= 0.6 is 0 Å². The van der Waals surface area contributed by atoms with Crippen molar-refractivity contribution in [3.8, 4) is 0 Å². The molecule has 0 aromatic heterocycles. The van der Waals surface area contributed by atoms with E-state index in [-0.39, 0.29) is 12.5 Å². The third-order valence-corrected chi connectivity index (χ3v) is 3.36. The molecule has 0 heterocycles. The second-order valence-corrected chi connectivity index (χ2v) is 5.23. The van der Waals surface area contributed by atoms with Crippen molar-refractivity contribution in [3.63, 3.8) is 0 Å². The largest absolute Gasteiger partial charge is 0.460 e. The Balaban J connectivity index is 1.90. The van der Waals surface area contributed by atoms with E-state index in [2.05, 4.69) is 5.32 Å². The molecule has 24 heavy (non-hydrogen) atoms. The summed E-state index contributed by atoms with van der Waals surface area (Å²) in [5, 5.41) is 2.79. The lowest BCUT2D eigenvalue weighted by molar-refractivity contribution is 0.0335. The molecule has 0 saturated carbocycles. The fourth-order valence-corrected chi connectivity index (χ4v) is 2.02. The molecule has 5 heteroatoms. The predicted octanol–water partition coefficient (Wildman–Crippen LogP) is 3.44. The van der Waals surface area contributed by atoms with E-state index >= 15 is 0 Å². The highest BCUT2D eigenvalue weighted by Gasteiger charge is 2.09. The quantitative estimate of drug-likeness (QED) is 0.625. The van der Waals surface area contributed by atoms with Crippen LogP contribution in [0.25, 0.3) is 0 Å². The van der Waals surface area contributed by atoms with Gasteiger partial charge >= 0.3 is 5.97 Å². The van der Waals surface area contributed by atoms with Crippen LogP contribution in [0.4, 0.5) is 5.69 Å². The van der Waals surface area contributed by atoms with E-state index in [9.17, 15) is 9.59 Å². The van der Waals surface area contributed by atoms with Gasteiger partial charge in [-0.05, 0) is 50.2 Å². The number of aryl methyl sites for hydroxylation is 1. The summed E-state index contributed by atoms with van der Waals surface area (Å²) in [5.74, 6) is -0.604. The third-order valence-electron chi connectivity index (χ3n) is 3.36. The zero-order chi connectivity index (χ0) is 17.4. The minimum atomic E-state index is -0.411. The summed E-state index contributed by atoms with van der Waals surface area (Å²) < 4.78 is 10.2. The van der Waals surface area contributed by atoms with Crippen molar-refractivity contribution < 1.29 is 19.1 Å². The first-order chi connectivity index (χ1) is 11.6. The first kappa shape index (κ1) is 17.7. The lowest BCUT2D eigenvalue weighted by Gasteiger charge is -2.07. The molecule has 0 radical (unpaired) electrons. The van der Waals surface area contributed by atoms with Crippen molar-refractivity contribution in [1.29, 1.82) is 0 Å². The van der Waals surface area contributed by atoms with E-state index < -0.39 is 5.97 Å². The lowest BCUT2D eigenvalue weighted by Crippen LogP contribution is -2.13. The molecular formula is C19H21NO4. The fraction of sp³-hybridized carbons (Fsp3) is 0.263. The van der Waals surface area contributed by atoms with E-state index in [0.717, 1.165) is 5.56 Å². The highest BCUT2D eigenvalue weighted by Crippen LogP contribution is 2.13. The summed E-state index contributed by atoms with van der Waals surface area (Å²) in [6.45, 7) is 5.04. The molecule has 0 unspecified atom stereocenters. The number of hydrogen-bond donors (Lipinski definition) is 1. The normalized spacial score (nSPS) is 10.2. The summed E-state index contributed by atoms with van der Waals surface area (Å²) in [4.78, 5) is 24.0. The summed E-state index contributed by atoms with van der Waals surface area (Å²) in [6, 6.07) is 13.9. The molecule has 2 aromatic carbocycles. The molecule has 0 aliphatic carbocycles. The number of nitrogens with one attached hydrogen (secondary N) is 1. The average molecular weight is 327 g/mol. The number of hydrogen-bond acceptors (Lipinski definition) is 4. The maximum Gasteiger partial charge on any atom is 0.338 e. The van der Waals surface area contributed by atoms with Crippen molar-refractivity contribution in [1.82, 2.24) is 0 Å². The second kappa shape index (κ2) is 8.84. The molecule has 0 fully saturated rings. The Labute approximate surface area is 141 Å². The van der Waals surface area contributed by atoms with Crippen LogP contribution < -0.4 is 5.32 Å². The zero-order valence-corrected chi connectivity index (χ0v) is 13.9. The second-order valence-electron chi connectivity index (χ2n) is 5.23. The maximum absolute atomic E-state index is 12.1.